The van der Waals surface area contributed by atoms with Crippen LogP contribution >= 0.6 is 6.49 Å². The second-order valence-corrected chi connectivity index (χ2v) is 7.15. The molecule has 0 aliphatic rings. The van der Waals surface area contributed by atoms with Crippen molar-refractivity contribution in [2.45, 2.75) is 25.7 Å². The summed E-state index contributed by atoms with van der Waals surface area (Å²) in [6, 6.07) is 0. The number of ether oxygens (including phenoxy) is 1. The minimum Gasteiger partial charge on any atom is -0.469 e. The Morgan fingerprint density at radius 1 is 1.13 bits per heavy atom. The SMILES string of the molecule is COC(=O)CCCCCP(=S)(OC)OC. The van der Waals surface area contributed by atoms with Crippen molar-refractivity contribution >= 4 is 24.3 Å². The Kier molecular flexibility index (Phi) is 8.24. The van der Waals surface area contributed by atoms with Crippen LogP contribution in [-0.2, 0) is 30.4 Å². The fraction of sp³-hybridized carbons (Fsp3) is 0.889. The van der Waals surface area contributed by atoms with E-state index in [-0.39, 0.29) is 5.97 Å². The predicted octanol–water partition coefficient (Wildman–Crippen LogP) is 2.32. The quantitative estimate of drug-likeness (QED) is 0.378. The van der Waals surface area contributed by atoms with Crippen molar-refractivity contribution in [3.63, 3.8) is 0 Å². The van der Waals surface area contributed by atoms with Gasteiger partial charge in [0.25, 0.3) is 0 Å². The van der Waals surface area contributed by atoms with Gasteiger partial charge in [-0.25, -0.2) is 0 Å². The van der Waals surface area contributed by atoms with Crippen LogP contribution in [0.5, 0.6) is 0 Å². The number of esters is 1. The molecule has 0 fully saturated rings. The lowest BCUT2D eigenvalue weighted by atomic mass is 10.2. The van der Waals surface area contributed by atoms with Crippen molar-refractivity contribution in [1.82, 2.24) is 0 Å². The molecular formula is C9H19O4PS. The number of rotatable bonds is 8. The van der Waals surface area contributed by atoms with E-state index >= 15 is 0 Å². The van der Waals surface area contributed by atoms with Gasteiger partial charge in [0.15, 0.2) is 6.49 Å². The van der Waals surface area contributed by atoms with Crippen LogP contribution in [0.4, 0.5) is 0 Å². The van der Waals surface area contributed by atoms with E-state index in [1.54, 1.807) is 14.2 Å². The van der Waals surface area contributed by atoms with Gasteiger partial charge in [-0.15, -0.1) is 0 Å². The van der Waals surface area contributed by atoms with Crippen molar-refractivity contribution in [2.24, 2.45) is 0 Å². The fourth-order valence-corrected chi connectivity index (χ4v) is 2.62. The number of carbonyl (C=O) groups excluding carboxylic acids is 1. The normalized spacial score (nSPS) is 11.4. The summed E-state index contributed by atoms with van der Waals surface area (Å²) in [6.07, 6.45) is 3.93. The molecule has 0 aromatic carbocycles. The minimum atomic E-state index is -2.03. The molecule has 0 aliphatic carbocycles. The van der Waals surface area contributed by atoms with Gasteiger partial charge in [0, 0.05) is 26.8 Å². The molecule has 4 nitrogen and oxygen atoms in total. The van der Waals surface area contributed by atoms with Crippen molar-refractivity contribution < 1.29 is 18.6 Å². The summed E-state index contributed by atoms with van der Waals surface area (Å²) >= 11 is 5.20. The summed E-state index contributed by atoms with van der Waals surface area (Å²) in [6.45, 7) is -2.03. The maximum absolute atomic E-state index is 10.8. The molecule has 0 saturated carbocycles. The first-order valence-corrected chi connectivity index (χ1v) is 7.67. The molecule has 0 radical (unpaired) electrons. The summed E-state index contributed by atoms with van der Waals surface area (Å²) < 4.78 is 14.8. The van der Waals surface area contributed by atoms with Crippen LogP contribution < -0.4 is 0 Å². The third-order valence-corrected chi connectivity index (χ3v) is 5.52. The zero-order valence-corrected chi connectivity index (χ0v) is 11.2. The van der Waals surface area contributed by atoms with Gasteiger partial charge in [-0.05, 0) is 24.6 Å². The highest BCUT2D eigenvalue weighted by Gasteiger charge is 2.14. The van der Waals surface area contributed by atoms with Crippen LogP contribution in [0.3, 0.4) is 0 Å². The number of methoxy groups -OCH3 is 1. The third kappa shape index (κ3) is 7.01. The average Bonchev–Trinajstić information content (AvgIpc) is 2.27. The maximum atomic E-state index is 10.8. The van der Waals surface area contributed by atoms with Gasteiger partial charge < -0.3 is 13.8 Å². The standard InChI is InChI=1S/C9H19O4PS/c1-11-9(10)7-5-4-6-8-14(15,12-2)13-3/h4-8H2,1-3H3. The van der Waals surface area contributed by atoms with E-state index in [4.69, 9.17) is 20.9 Å². The van der Waals surface area contributed by atoms with E-state index in [1.807, 2.05) is 0 Å². The first kappa shape index (κ1) is 15.0. The van der Waals surface area contributed by atoms with Crippen LogP contribution in [-0.4, -0.2) is 33.5 Å². The average molecular weight is 254 g/mol. The highest BCUT2D eigenvalue weighted by atomic mass is 32.5. The Balaban J connectivity index is 3.54. The summed E-state index contributed by atoms with van der Waals surface area (Å²) in [7, 11) is 4.56. The molecule has 0 spiro atoms. The Morgan fingerprint density at radius 3 is 2.20 bits per heavy atom. The minimum absolute atomic E-state index is 0.159. The molecule has 0 atom stereocenters. The molecule has 0 rings (SSSR count). The molecule has 0 N–H and O–H groups in total. The predicted molar refractivity (Wildman–Crippen MR) is 63.7 cm³/mol. The number of hydrogen-bond donors (Lipinski definition) is 0. The topological polar surface area (TPSA) is 44.8 Å². The first-order chi connectivity index (χ1) is 7.08. The second kappa shape index (κ2) is 8.22. The van der Waals surface area contributed by atoms with Crippen LogP contribution in [0.2, 0.25) is 0 Å². The van der Waals surface area contributed by atoms with E-state index in [2.05, 4.69) is 4.74 Å². The Morgan fingerprint density at radius 2 is 1.73 bits per heavy atom. The Labute approximate surface area is 96.5 Å². The van der Waals surface area contributed by atoms with Crippen LogP contribution in [0.1, 0.15) is 25.7 Å². The van der Waals surface area contributed by atoms with Crippen LogP contribution in [0.25, 0.3) is 0 Å². The van der Waals surface area contributed by atoms with Gasteiger partial charge in [0.2, 0.25) is 0 Å². The maximum Gasteiger partial charge on any atom is 0.305 e. The smallest absolute Gasteiger partial charge is 0.305 e. The van der Waals surface area contributed by atoms with Gasteiger partial charge in [0.05, 0.1) is 7.11 Å². The fourth-order valence-electron chi connectivity index (χ4n) is 1.11. The first-order valence-electron chi connectivity index (χ1n) is 4.85. The summed E-state index contributed by atoms with van der Waals surface area (Å²) in [5.41, 5.74) is 0. The van der Waals surface area contributed by atoms with Gasteiger partial charge in [-0.1, -0.05) is 6.42 Å². The molecule has 90 valence electrons. The molecule has 0 aromatic heterocycles. The van der Waals surface area contributed by atoms with E-state index in [9.17, 15) is 4.79 Å². The molecule has 0 saturated heterocycles. The zero-order chi connectivity index (χ0) is 11.7. The van der Waals surface area contributed by atoms with E-state index in [0.717, 1.165) is 25.4 Å². The summed E-state index contributed by atoms with van der Waals surface area (Å²) in [5.74, 6) is -0.159. The molecule has 0 amide bonds. The van der Waals surface area contributed by atoms with E-state index < -0.39 is 6.49 Å². The van der Waals surface area contributed by atoms with Crippen LogP contribution in [0.15, 0.2) is 0 Å². The third-order valence-electron chi connectivity index (χ3n) is 2.10. The lowest BCUT2D eigenvalue weighted by Crippen LogP contribution is -2.00. The van der Waals surface area contributed by atoms with E-state index in [1.165, 1.54) is 7.11 Å². The largest absolute Gasteiger partial charge is 0.469 e. The monoisotopic (exact) mass is 254 g/mol. The molecule has 6 heteroatoms. The number of carbonyl (C=O) groups is 1. The lowest BCUT2D eigenvalue weighted by Gasteiger charge is -2.17. The highest BCUT2D eigenvalue weighted by molar-refractivity contribution is 8.09. The second-order valence-electron chi connectivity index (χ2n) is 3.09. The van der Waals surface area contributed by atoms with Crippen molar-refractivity contribution in [2.75, 3.05) is 27.5 Å². The van der Waals surface area contributed by atoms with Crippen molar-refractivity contribution in [1.29, 1.82) is 0 Å². The van der Waals surface area contributed by atoms with Gasteiger partial charge in [0.1, 0.15) is 0 Å². The summed E-state index contributed by atoms with van der Waals surface area (Å²) in [4.78, 5) is 10.8. The van der Waals surface area contributed by atoms with Crippen LogP contribution in [0, 0.1) is 0 Å². The molecule has 0 heterocycles. The Bertz CT molecular complexity index is 224. The number of hydrogen-bond acceptors (Lipinski definition) is 5. The van der Waals surface area contributed by atoms with E-state index in [0.29, 0.717) is 6.42 Å². The zero-order valence-electron chi connectivity index (χ0n) is 9.52. The van der Waals surface area contributed by atoms with Crippen molar-refractivity contribution in [3.8, 4) is 0 Å². The highest BCUT2D eigenvalue weighted by Crippen LogP contribution is 2.47. The molecule has 0 unspecified atom stereocenters. The molecule has 15 heavy (non-hydrogen) atoms. The van der Waals surface area contributed by atoms with Gasteiger partial charge in [-0.2, -0.15) is 0 Å². The molecular weight excluding hydrogens is 235 g/mol. The van der Waals surface area contributed by atoms with Gasteiger partial charge in [-0.3, -0.25) is 4.79 Å². The molecule has 0 bridgehead atoms. The number of unbranched alkanes of at least 4 members (excludes halogenated alkanes) is 2. The van der Waals surface area contributed by atoms with Gasteiger partial charge >= 0.3 is 5.97 Å². The summed E-state index contributed by atoms with van der Waals surface area (Å²) in [5, 5.41) is 0. The molecule has 0 aliphatic heterocycles. The lowest BCUT2D eigenvalue weighted by molar-refractivity contribution is -0.140. The Hall–Kier alpha value is 0.0400. The van der Waals surface area contributed by atoms with Crippen molar-refractivity contribution in [3.05, 3.63) is 0 Å². The molecule has 0 aromatic rings.